The van der Waals surface area contributed by atoms with Crippen LogP contribution in [-0.4, -0.2) is 52.7 Å². The number of hydrogen-bond acceptors (Lipinski definition) is 6. The molecule has 3 aromatic rings. The molecule has 1 saturated heterocycles. The Hall–Kier alpha value is -3.26. The zero-order chi connectivity index (χ0) is 25.6. The third-order valence-electron chi connectivity index (χ3n) is 7.60. The lowest BCUT2D eigenvalue weighted by Gasteiger charge is -2.34. The van der Waals surface area contributed by atoms with E-state index in [0.29, 0.717) is 23.2 Å². The van der Waals surface area contributed by atoms with Crippen molar-refractivity contribution in [1.82, 2.24) is 20.4 Å². The summed E-state index contributed by atoms with van der Waals surface area (Å²) in [4.78, 5) is 19.7. The molecule has 5 rings (SSSR count). The summed E-state index contributed by atoms with van der Waals surface area (Å²) < 4.78 is 24.2. The highest BCUT2D eigenvalue weighted by molar-refractivity contribution is 5.95. The van der Waals surface area contributed by atoms with Gasteiger partial charge >= 0.3 is 0 Å². The molecule has 7 nitrogen and oxygen atoms in total. The molecule has 0 atom stereocenters. The van der Waals surface area contributed by atoms with Gasteiger partial charge in [-0.2, -0.15) is 4.98 Å². The molecule has 1 aliphatic heterocycles. The van der Waals surface area contributed by atoms with Crippen molar-refractivity contribution in [3.63, 3.8) is 0 Å². The van der Waals surface area contributed by atoms with Crippen LogP contribution in [0, 0.1) is 18.7 Å². The molecule has 2 aliphatic rings. The Labute approximate surface area is 217 Å². The summed E-state index contributed by atoms with van der Waals surface area (Å²) in [6.07, 6.45) is 7.76. The van der Waals surface area contributed by atoms with Gasteiger partial charge in [0.25, 0.3) is 5.91 Å². The zero-order valence-electron chi connectivity index (χ0n) is 21.4. The first-order valence-electron chi connectivity index (χ1n) is 13.4. The number of carbonyl (C=O) groups excluding carboxylic acids is 1. The molecule has 2 heterocycles. The van der Waals surface area contributed by atoms with Crippen LogP contribution >= 0.6 is 0 Å². The summed E-state index contributed by atoms with van der Waals surface area (Å²) in [6.45, 7) is 4.95. The lowest BCUT2D eigenvalue weighted by molar-refractivity contribution is 0.0897. The van der Waals surface area contributed by atoms with Gasteiger partial charge in [0.2, 0.25) is 11.7 Å². The van der Waals surface area contributed by atoms with Crippen molar-refractivity contribution in [3.05, 3.63) is 65.8 Å². The van der Waals surface area contributed by atoms with E-state index in [2.05, 4.69) is 20.4 Å². The summed E-state index contributed by atoms with van der Waals surface area (Å²) in [6, 6.07) is 13.9. The first-order valence-corrected chi connectivity index (χ1v) is 13.4. The van der Waals surface area contributed by atoms with E-state index in [1.807, 2.05) is 24.3 Å². The van der Waals surface area contributed by atoms with E-state index in [1.54, 1.807) is 19.1 Å². The fourth-order valence-electron chi connectivity index (χ4n) is 5.40. The smallest absolute Gasteiger partial charge is 0.251 e. The molecular weight excluding hydrogens is 471 g/mol. The van der Waals surface area contributed by atoms with E-state index in [9.17, 15) is 9.18 Å². The molecule has 1 N–H and O–H groups in total. The molecule has 2 aromatic carbocycles. The quantitative estimate of drug-likeness (QED) is 0.440. The minimum atomic E-state index is -0.236. The zero-order valence-corrected chi connectivity index (χ0v) is 21.4. The lowest BCUT2D eigenvalue weighted by Crippen LogP contribution is -2.40. The van der Waals surface area contributed by atoms with Gasteiger partial charge in [-0.3, -0.25) is 4.79 Å². The van der Waals surface area contributed by atoms with Crippen LogP contribution in [0.5, 0.6) is 5.75 Å². The standard InChI is InChI=1S/C29H35FN4O3/c1-20-31-28(33-37-20)22-3-2-4-23(19-22)29(35)32-25-9-5-21(6-10-25)13-16-34-17-14-27(15-18-34)36-26-11-7-24(30)8-12-26/h2-4,7-8,11-12,19,21,25,27H,5-6,9-10,13-18H2,1H3,(H,32,35)/t21-,25-. The number of nitrogens with zero attached hydrogens (tertiary/aromatic N) is 3. The monoisotopic (exact) mass is 506 g/mol. The van der Waals surface area contributed by atoms with Crippen molar-refractivity contribution in [2.75, 3.05) is 19.6 Å². The van der Waals surface area contributed by atoms with E-state index in [1.165, 1.54) is 18.6 Å². The highest BCUT2D eigenvalue weighted by Gasteiger charge is 2.25. The van der Waals surface area contributed by atoms with Gasteiger partial charge in [-0.25, -0.2) is 4.39 Å². The second-order valence-corrected chi connectivity index (χ2v) is 10.3. The Morgan fingerprint density at radius 2 is 1.84 bits per heavy atom. The van der Waals surface area contributed by atoms with Gasteiger partial charge in [-0.05, 0) is 93.8 Å². The molecule has 0 bridgehead atoms. The number of rotatable bonds is 8. The van der Waals surface area contributed by atoms with Gasteiger partial charge in [-0.15, -0.1) is 0 Å². The van der Waals surface area contributed by atoms with Gasteiger partial charge < -0.3 is 19.5 Å². The summed E-state index contributed by atoms with van der Waals surface area (Å²) >= 11 is 0. The van der Waals surface area contributed by atoms with Crippen LogP contribution in [0.25, 0.3) is 11.4 Å². The third-order valence-corrected chi connectivity index (χ3v) is 7.60. The van der Waals surface area contributed by atoms with Crippen molar-refractivity contribution >= 4 is 5.91 Å². The molecule has 1 saturated carbocycles. The summed E-state index contributed by atoms with van der Waals surface area (Å²) in [5.41, 5.74) is 1.40. The predicted octanol–water partition coefficient (Wildman–Crippen LogP) is 5.41. The van der Waals surface area contributed by atoms with Crippen LogP contribution in [0.4, 0.5) is 4.39 Å². The van der Waals surface area contributed by atoms with Crippen LogP contribution in [0.3, 0.4) is 0 Å². The number of aryl methyl sites for hydroxylation is 1. The van der Waals surface area contributed by atoms with Crippen molar-refractivity contribution in [1.29, 1.82) is 0 Å². The SMILES string of the molecule is Cc1nc(-c2cccc(C(=O)N[C@H]3CC[C@H](CCN4CCC(Oc5ccc(F)cc5)CC4)CC3)c2)no1. The highest BCUT2D eigenvalue weighted by atomic mass is 19.1. The van der Waals surface area contributed by atoms with E-state index >= 15 is 0 Å². The number of ether oxygens (including phenoxy) is 1. The Balaban J connectivity index is 1.00. The lowest BCUT2D eigenvalue weighted by atomic mass is 9.84. The van der Waals surface area contributed by atoms with Crippen LogP contribution < -0.4 is 10.1 Å². The average Bonchev–Trinajstić information content (AvgIpc) is 3.37. The van der Waals surface area contributed by atoms with Crippen molar-refractivity contribution in [3.8, 4) is 17.1 Å². The van der Waals surface area contributed by atoms with Gasteiger partial charge in [0.15, 0.2) is 0 Å². The summed E-state index contributed by atoms with van der Waals surface area (Å²) in [7, 11) is 0. The second kappa shape index (κ2) is 11.9. The average molecular weight is 507 g/mol. The highest BCUT2D eigenvalue weighted by Crippen LogP contribution is 2.28. The van der Waals surface area contributed by atoms with Crippen LogP contribution in [0.1, 0.15) is 61.2 Å². The van der Waals surface area contributed by atoms with E-state index in [0.717, 1.165) is 69.5 Å². The number of carbonyl (C=O) groups is 1. The van der Waals surface area contributed by atoms with Crippen molar-refractivity contribution in [2.45, 2.75) is 64.0 Å². The van der Waals surface area contributed by atoms with Crippen molar-refractivity contribution in [2.24, 2.45) is 5.92 Å². The Morgan fingerprint density at radius 1 is 1.08 bits per heavy atom. The Morgan fingerprint density at radius 3 is 2.54 bits per heavy atom. The first kappa shape index (κ1) is 25.4. The first-order chi connectivity index (χ1) is 18.0. The third kappa shape index (κ3) is 6.95. The number of benzene rings is 2. The van der Waals surface area contributed by atoms with E-state index in [4.69, 9.17) is 9.26 Å². The summed E-state index contributed by atoms with van der Waals surface area (Å²) in [5, 5.41) is 7.17. The number of amides is 1. The van der Waals surface area contributed by atoms with Gasteiger partial charge in [0, 0.05) is 37.2 Å². The van der Waals surface area contributed by atoms with Gasteiger partial charge in [-0.1, -0.05) is 17.3 Å². The number of aromatic nitrogens is 2. The van der Waals surface area contributed by atoms with Crippen LogP contribution in [0.15, 0.2) is 53.1 Å². The topological polar surface area (TPSA) is 80.5 Å². The maximum absolute atomic E-state index is 13.1. The molecule has 0 radical (unpaired) electrons. The second-order valence-electron chi connectivity index (χ2n) is 10.3. The maximum Gasteiger partial charge on any atom is 0.251 e. The fourth-order valence-corrected chi connectivity index (χ4v) is 5.40. The van der Waals surface area contributed by atoms with Gasteiger partial charge in [0.05, 0.1) is 0 Å². The minimum Gasteiger partial charge on any atom is -0.490 e. The number of hydrogen-bond donors (Lipinski definition) is 1. The Kier molecular flexibility index (Phi) is 8.14. The number of nitrogens with one attached hydrogen (secondary N) is 1. The number of piperidine rings is 1. The predicted molar refractivity (Wildman–Crippen MR) is 139 cm³/mol. The molecule has 0 unspecified atom stereocenters. The minimum absolute atomic E-state index is 0.0451. The van der Waals surface area contributed by atoms with Crippen LogP contribution in [-0.2, 0) is 0 Å². The number of halogens is 1. The van der Waals surface area contributed by atoms with E-state index in [-0.39, 0.29) is 23.9 Å². The number of likely N-dealkylation sites (tertiary alicyclic amines) is 1. The maximum atomic E-state index is 13.1. The van der Waals surface area contributed by atoms with Crippen LogP contribution in [0.2, 0.25) is 0 Å². The molecular formula is C29H35FN4O3. The summed E-state index contributed by atoms with van der Waals surface area (Å²) in [5.74, 6) is 2.18. The molecule has 1 aromatic heterocycles. The molecule has 1 aliphatic carbocycles. The molecule has 0 spiro atoms. The molecule has 8 heteroatoms. The largest absolute Gasteiger partial charge is 0.490 e. The molecule has 196 valence electrons. The fraction of sp³-hybridized carbons (Fsp3) is 0.483. The van der Waals surface area contributed by atoms with E-state index < -0.39 is 0 Å². The van der Waals surface area contributed by atoms with Crippen molar-refractivity contribution < 1.29 is 18.4 Å². The molecule has 2 fully saturated rings. The molecule has 37 heavy (non-hydrogen) atoms. The molecule has 1 amide bonds. The Bertz CT molecular complexity index is 1170. The van der Waals surface area contributed by atoms with Gasteiger partial charge in [0.1, 0.15) is 17.7 Å². The normalized spacial score (nSPS) is 21.0.